The van der Waals surface area contributed by atoms with Crippen LogP contribution in [0.2, 0.25) is 0 Å². The summed E-state index contributed by atoms with van der Waals surface area (Å²) >= 11 is 0. The average molecular weight is 402 g/mol. The number of rotatable bonds is 8. The third-order valence-corrected chi connectivity index (χ3v) is 5.22. The van der Waals surface area contributed by atoms with E-state index in [-0.39, 0.29) is 6.61 Å². The second-order valence-electron chi connectivity index (χ2n) is 7.39. The fourth-order valence-electron chi connectivity index (χ4n) is 3.43. The van der Waals surface area contributed by atoms with Crippen LogP contribution >= 0.6 is 0 Å². The van der Waals surface area contributed by atoms with Gasteiger partial charge in [-0.25, -0.2) is 4.98 Å². The monoisotopic (exact) mass is 402 g/mol. The molecule has 154 valence electrons. The summed E-state index contributed by atoms with van der Waals surface area (Å²) in [4.78, 5) is 4.71. The van der Waals surface area contributed by atoms with Gasteiger partial charge >= 0.3 is 0 Å². The topological polar surface area (TPSA) is 56.5 Å². The van der Waals surface area contributed by atoms with Gasteiger partial charge in [-0.15, -0.1) is 0 Å². The van der Waals surface area contributed by atoms with Crippen LogP contribution in [0.1, 0.15) is 17.0 Å². The van der Waals surface area contributed by atoms with Crippen molar-refractivity contribution in [1.82, 2.24) is 9.55 Å². The number of benzene rings is 3. The van der Waals surface area contributed by atoms with E-state index < -0.39 is 6.10 Å². The number of hydrogen-bond donors (Lipinski definition) is 1. The summed E-state index contributed by atoms with van der Waals surface area (Å²) < 4.78 is 13.8. The van der Waals surface area contributed by atoms with Gasteiger partial charge in [0.2, 0.25) is 0 Å². The Balaban J connectivity index is 1.49. The van der Waals surface area contributed by atoms with Crippen LogP contribution in [0.4, 0.5) is 0 Å². The summed E-state index contributed by atoms with van der Waals surface area (Å²) in [6.45, 7) is 4.98. The number of aliphatic hydroxyl groups is 1. The van der Waals surface area contributed by atoms with Gasteiger partial charge in [-0.1, -0.05) is 42.5 Å². The van der Waals surface area contributed by atoms with Crippen molar-refractivity contribution in [3.63, 3.8) is 0 Å². The third-order valence-electron chi connectivity index (χ3n) is 5.22. The van der Waals surface area contributed by atoms with Crippen LogP contribution in [0.25, 0.3) is 11.0 Å². The molecule has 1 aromatic heterocycles. The molecular formula is C25H26N2O3. The number of aromatic nitrogens is 2. The van der Waals surface area contributed by atoms with Gasteiger partial charge in [0, 0.05) is 0 Å². The molecule has 5 heteroatoms. The molecule has 0 saturated carbocycles. The molecule has 0 saturated heterocycles. The lowest BCUT2D eigenvalue weighted by Gasteiger charge is -2.17. The molecule has 1 unspecified atom stereocenters. The quantitative estimate of drug-likeness (QED) is 0.465. The first-order valence-corrected chi connectivity index (χ1v) is 10.1. The van der Waals surface area contributed by atoms with E-state index in [0.29, 0.717) is 13.2 Å². The highest BCUT2D eigenvalue weighted by Crippen LogP contribution is 2.22. The van der Waals surface area contributed by atoms with Crippen molar-refractivity contribution in [3.05, 3.63) is 89.7 Å². The van der Waals surface area contributed by atoms with E-state index in [2.05, 4.69) is 13.0 Å². The number of imidazole rings is 1. The fraction of sp³-hybridized carbons (Fsp3) is 0.240. The maximum absolute atomic E-state index is 10.7. The van der Waals surface area contributed by atoms with Crippen molar-refractivity contribution >= 4 is 11.0 Å². The molecule has 0 radical (unpaired) electrons. The molecule has 0 aliphatic rings. The zero-order valence-corrected chi connectivity index (χ0v) is 17.3. The van der Waals surface area contributed by atoms with Crippen LogP contribution in [0.3, 0.4) is 0 Å². The molecular weight excluding hydrogens is 376 g/mol. The van der Waals surface area contributed by atoms with Gasteiger partial charge < -0.3 is 19.1 Å². The van der Waals surface area contributed by atoms with Crippen LogP contribution < -0.4 is 9.47 Å². The molecule has 0 spiro atoms. The van der Waals surface area contributed by atoms with Crippen molar-refractivity contribution < 1.29 is 14.6 Å². The highest BCUT2D eigenvalue weighted by molar-refractivity contribution is 5.75. The smallest absolute Gasteiger partial charge is 0.148 e. The summed E-state index contributed by atoms with van der Waals surface area (Å²) in [6.07, 6.45) is -0.682. The minimum Gasteiger partial charge on any atom is -0.491 e. The highest BCUT2D eigenvalue weighted by Gasteiger charge is 2.16. The van der Waals surface area contributed by atoms with E-state index in [1.54, 1.807) is 0 Å². The lowest BCUT2D eigenvalue weighted by Crippen LogP contribution is -2.25. The number of fused-ring (bicyclic) bond motifs is 1. The highest BCUT2D eigenvalue weighted by atomic mass is 16.5. The van der Waals surface area contributed by atoms with Gasteiger partial charge in [-0.05, 0) is 55.3 Å². The van der Waals surface area contributed by atoms with Crippen molar-refractivity contribution in [3.8, 4) is 11.5 Å². The Hall–Kier alpha value is -3.31. The van der Waals surface area contributed by atoms with E-state index in [0.717, 1.165) is 33.9 Å². The van der Waals surface area contributed by atoms with Crippen molar-refractivity contribution in [2.75, 3.05) is 6.61 Å². The molecule has 1 atom stereocenters. The molecule has 0 aliphatic heterocycles. The van der Waals surface area contributed by atoms with E-state index >= 15 is 0 Å². The number of aliphatic hydroxyl groups excluding tert-OH is 1. The van der Waals surface area contributed by atoms with E-state index in [9.17, 15) is 5.11 Å². The molecule has 0 bridgehead atoms. The van der Waals surface area contributed by atoms with Crippen molar-refractivity contribution in [1.29, 1.82) is 0 Å². The number of para-hydroxylation sites is 3. The maximum atomic E-state index is 10.7. The summed E-state index contributed by atoms with van der Waals surface area (Å²) in [7, 11) is 0. The lowest BCUT2D eigenvalue weighted by atomic mass is 10.1. The minimum absolute atomic E-state index is 0.204. The number of aryl methyl sites for hydroxylation is 1. The van der Waals surface area contributed by atoms with Gasteiger partial charge in [0.15, 0.2) is 0 Å². The molecule has 3 aromatic carbocycles. The summed E-state index contributed by atoms with van der Waals surface area (Å²) in [6, 6.07) is 23.5. The Morgan fingerprint density at radius 3 is 2.50 bits per heavy atom. The van der Waals surface area contributed by atoms with E-state index in [1.807, 2.05) is 78.2 Å². The SMILES string of the molecule is Cc1cccc(OCC(O)Cn2c(COc3ccccc3)nc3ccccc32)c1C. The molecule has 1 N–H and O–H groups in total. The first kappa shape index (κ1) is 20.0. The van der Waals surface area contributed by atoms with Crippen molar-refractivity contribution in [2.45, 2.75) is 33.1 Å². The fourth-order valence-corrected chi connectivity index (χ4v) is 3.43. The van der Waals surface area contributed by atoms with Crippen LogP contribution in [0.15, 0.2) is 72.8 Å². The zero-order chi connectivity index (χ0) is 20.9. The van der Waals surface area contributed by atoms with Crippen LogP contribution in [-0.4, -0.2) is 27.4 Å². The zero-order valence-electron chi connectivity index (χ0n) is 17.3. The molecule has 0 aliphatic carbocycles. The van der Waals surface area contributed by atoms with Crippen LogP contribution in [0.5, 0.6) is 11.5 Å². The Kier molecular flexibility index (Phi) is 6.00. The first-order chi connectivity index (χ1) is 14.6. The molecule has 5 nitrogen and oxygen atoms in total. The number of ether oxygens (including phenoxy) is 2. The number of hydrogen-bond acceptors (Lipinski definition) is 4. The molecule has 0 fully saturated rings. The summed E-state index contributed by atoms with van der Waals surface area (Å²) in [5, 5.41) is 10.7. The molecule has 0 amide bonds. The normalized spacial score (nSPS) is 12.1. The van der Waals surface area contributed by atoms with Crippen LogP contribution in [-0.2, 0) is 13.2 Å². The minimum atomic E-state index is -0.682. The standard InChI is InChI=1S/C25H26N2O3/c1-18-9-8-14-24(19(18)2)30-16-20(28)15-27-23-13-7-6-12-22(23)26-25(27)17-29-21-10-4-3-5-11-21/h3-14,20,28H,15-17H2,1-2H3. The van der Waals surface area contributed by atoms with Gasteiger partial charge in [0.25, 0.3) is 0 Å². The molecule has 4 aromatic rings. The first-order valence-electron chi connectivity index (χ1n) is 10.1. The van der Waals surface area contributed by atoms with Gasteiger partial charge in [0.1, 0.15) is 36.6 Å². The third kappa shape index (κ3) is 4.47. The maximum Gasteiger partial charge on any atom is 0.148 e. The average Bonchev–Trinajstić information content (AvgIpc) is 3.11. The van der Waals surface area contributed by atoms with Gasteiger partial charge in [-0.2, -0.15) is 0 Å². The molecule has 1 heterocycles. The Morgan fingerprint density at radius 1 is 0.900 bits per heavy atom. The second-order valence-corrected chi connectivity index (χ2v) is 7.39. The number of nitrogens with zero attached hydrogens (tertiary/aromatic N) is 2. The van der Waals surface area contributed by atoms with Gasteiger partial charge in [0.05, 0.1) is 17.6 Å². The Labute approximate surface area is 176 Å². The van der Waals surface area contributed by atoms with E-state index in [4.69, 9.17) is 14.5 Å². The van der Waals surface area contributed by atoms with Crippen molar-refractivity contribution in [2.24, 2.45) is 0 Å². The molecule has 30 heavy (non-hydrogen) atoms. The predicted octanol–water partition coefficient (Wildman–Crippen LogP) is 4.67. The Morgan fingerprint density at radius 2 is 1.67 bits per heavy atom. The lowest BCUT2D eigenvalue weighted by molar-refractivity contribution is 0.0914. The van der Waals surface area contributed by atoms with E-state index in [1.165, 1.54) is 5.56 Å². The summed E-state index contributed by atoms with van der Waals surface area (Å²) in [5.74, 6) is 2.36. The predicted molar refractivity (Wildman–Crippen MR) is 118 cm³/mol. The summed E-state index contributed by atoms with van der Waals surface area (Å²) in [5.41, 5.74) is 4.11. The van der Waals surface area contributed by atoms with Gasteiger partial charge in [-0.3, -0.25) is 0 Å². The van der Waals surface area contributed by atoms with Crippen LogP contribution in [0, 0.1) is 13.8 Å². The largest absolute Gasteiger partial charge is 0.491 e. The molecule has 4 rings (SSSR count). The second kappa shape index (κ2) is 9.01. The Bertz CT molecular complexity index is 1120.